The summed E-state index contributed by atoms with van der Waals surface area (Å²) in [6.45, 7) is 9.02. The fraction of sp³-hybridized carbons (Fsp3) is 0.667. The van der Waals surface area contributed by atoms with Crippen molar-refractivity contribution in [2.45, 2.75) is 57.7 Å². The van der Waals surface area contributed by atoms with E-state index in [1.54, 1.807) is 0 Å². The molecular formula is C18H28N2O. The van der Waals surface area contributed by atoms with Gasteiger partial charge in [-0.2, -0.15) is 0 Å². The molecule has 1 fully saturated rings. The maximum Gasteiger partial charge on any atom is 0.124 e. The maximum absolute atomic E-state index is 6.51. The summed E-state index contributed by atoms with van der Waals surface area (Å²) in [5, 5.41) is 3.50. The minimum absolute atomic E-state index is 0.0291. The summed E-state index contributed by atoms with van der Waals surface area (Å²) in [6.07, 6.45) is 3.36. The molecule has 3 heteroatoms. The number of hydrogen-bond acceptors (Lipinski definition) is 3. The standard InChI is InChI=1S/C18H28N2O/c1-13(2)20-9-7-18(8-10-20)12-16(19-4)15-11-14(3)5-6-17(15)21-18/h5-6,11,13,16,19H,7-10,12H2,1-4H3. The van der Waals surface area contributed by atoms with E-state index in [0.717, 1.165) is 38.1 Å². The van der Waals surface area contributed by atoms with Crippen molar-refractivity contribution < 1.29 is 4.74 Å². The number of likely N-dealkylation sites (tertiary alicyclic amines) is 1. The zero-order valence-corrected chi connectivity index (χ0v) is 13.8. The van der Waals surface area contributed by atoms with Gasteiger partial charge in [0, 0.05) is 37.2 Å². The second-order valence-corrected chi connectivity index (χ2v) is 7.00. The van der Waals surface area contributed by atoms with Crippen molar-refractivity contribution in [2.24, 2.45) is 0 Å². The topological polar surface area (TPSA) is 24.5 Å². The smallest absolute Gasteiger partial charge is 0.124 e. The largest absolute Gasteiger partial charge is 0.487 e. The minimum atomic E-state index is 0.0291. The number of hydrogen-bond donors (Lipinski definition) is 1. The summed E-state index contributed by atoms with van der Waals surface area (Å²) in [5.74, 6) is 1.09. The zero-order valence-electron chi connectivity index (χ0n) is 13.8. The van der Waals surface area contributed by atoms with E-state index in [1.807, 2.05) is 0 Å². The van der Waals surface area contributed by atoms with Crippen molar-refractivity contribution in [3.8, 4) is 5.75 Å². The lowest BCUT2D eigenvalue weighted by Crippen LogP contribution is -2.52. The van der Waals surface area contributed by atoms with E-state index >= 15 is 0 Å². The van der Waals surface area contributed by atoms with Gasteiger partial charge in [0.05, 0.1) is 0 Å². The van der Waals surface area contributed by atoms with Gasteiger partial charge >= 0.3 is 0 Å². The summed E-state index contributed by atoms with van der Waals surface area (Å²) >= 11 is 0. The normalized spacial score (nSPS) is 24.9. The SMILES string of the molecule is CNC1CC2(CCN(C(C)C)CC2)Oc2ccc(C)cc21. The van der Waals surface area contributed by atoms with Crippen molar-refractivity contribution >= 4 is 0 Å². The molecule has 21 heavy (non-hydrogen) atoms. The van der Waals surface area contributed by atoms with E-state index in [-0.39, 0.29) is 5.60 Å². The van der Waals surface area contributed by atoms with Crippen LogP contribution in [-0.4, -0.2) is 36.7 Å². The minimum Gasteiger partial charge on any atom is -0.487 e. The molecule has 3 rings (SSSR count). The molecule has 1 atom stereocenters. The second kappa shape index (κ2) is 5.62. The molecule has 1 spiro atoms. The van der Waals surface area contributed by atoms with Crippen molar-refractivity contribution in [1.82, 2.24) is 10.2 Å². The van der Waals surface area contributed by atoms with Crippen LogP contribution in [-0.2, 0) is 0 Å². The number of aryl methyl sites for hydroxylation is 1. The van der Waals surface area contributed by atoms with Crippen molar-refractivity contribution in [1.29, 1.82) is 0 Å². The first-order chi connectivity index (χ1) is 10.0. The van der Waals surface area contributed by atoms with Crippen LogP contribution in [0, 0.1) is 6.92 Å². The lowest BCUT2D eigenvalue weighted by Gasteiger charge is -2.47. The fourth-order valence-electron chi connectivity index (χ4n) is 3.80. The van der Waals surface area contributed by atoms with Crippen LogP contribution in [0.3, 0.4) is 0 Å². The average molecular weight is 288 g/mol. The zero-order chi connectivity index (χ0) is 15.0. The Morgan fingerprint density at radius 3 is 2.62 bits per heavy atom. The Balaban J connectivity index is 1.83. The Labute approximate surface area is 128 Å². The molecule has 1 saturated heterocycles. The molecule has 3 nitrogen and oxygen atoms in total. The van der Waals surface area contributed by atoms with Gasteiger partial charge in [0.1, 0.15) is 11.4 Å². The summed E-state index contributed by atoms with van der Waals surface area (Å²) < 4.78 is 6.51. The van der Waals surface area contributed by atoms with Gasteiger partial charge in [-0.1, -0.05) is 17.7 Å². The first kappa shape index (κ1) is 14.9. The lowest BCUT2D eigenvalue weighted by molar-refractivity contribution is -0.0306. The highest BCUT2D eigenvalue weighted by Gasteiger charge is 2.43. The van der Waals surface area contributed by atoms with Crippen molar-refractivity contribution in [3.05, 3.63) is 29.3 Å². The van der Waals surface area contributed by atoms with Gasteiger partial charge < -0.3 is 15.0 Å². The van der Waals surface area contributed by atoms with Gasteiger partial charge in [0.15, 0.2) is 0 Å². The van der Waals surface area contributed by atoms with E-state index in [4.69, 9.17) is 4.74 Å². The van der Waals surface area contributed by atoms with Gasteiger partial charge in [-0.05, 0) is 46.7 Å². The molecule has 2 heterocycles. The molecule has 0 amide bonds. The van der Waals surface area contributed by atoms with Crippen LogP contribution in [0.4, 0.5) is 0 Å². The summed E-state index contributed by atoms with van der Waals surface area (Å²) in [4.78, 5) is 2.56. The van der Waals surface area contributed by atoms with Gasteiger partial charge in [-0.3, -0.25) is 0 Å². The van der Waals surface area contributed by atoms with Crippen LogP contribution in [0.25, 0.3) is 0 Å². The molecule has 0 aromatic heterocycles. The maximum atomic E-state index is 6.51. The Morgan fingerprint density at radius 1 is 1.29 bits per heavy atom. The monoisotopic (exact) mass is 288 g/mol. The molecule has 0 saturated carbocycles. The second-order valence-electron chi connectivity index (χ2n) is 7.00. The predicted octanol–water partition coefficient (Wildman–Crippen LogP) is 3.28. The summed E-state index contributed by atoms with van der Waals surface area (Å²) in [7, 11) is 2.07. The van der Waals surface area contributed by atoms with Gasteiger partial charge in [0.2, 0.25) is 0 Å². The number of fused-ring (bicyclic) bond motifs is 1. The highest BCUT2D eigenvalue weighted by Crippen LogP contribution is 2.44. The van der Waals surface area contributed by atoms with Gasteiger partial charge in [-0.25, -0.2) is 0 Å². The van der Waals surface area contributed by atoms with Gasteiger partial charge in [0.25, 0.3) is 0 Å². The van der Waals surface area contributed by atoms with E-state index in [0.29, 0.717) is 12.1 Å². The van der Waals surface area contributed by atoms with E-state index < -0.39 is 0 Å². The third kappa shape index (κ3) is 2.82. The predicted molar refractivity (Wildman–Crippen MR) is 86.9 cm³/mol. The summed E-state index contributed by atoms with van der Waals surface area (Å²) in [6, 6.07) is 7.64. The number of benzene rings is 1. The quantitative estimate of drug-likeness (QED) is 0.904. The Morgan fingerprint density at radius 2 is 2.00 bits per heavy atom. The molecule has 1 aromatic carbocycles. The molecule has 2 aliphatic heterocycles. The molecule has 0 radical (unpaired) electrons. The number of nitrogens with one attached hydrogen (secondary N) is 1. The number of rotatable bonds is 2. The van der Waals surface area contributed by atoms with Crippen LogP contribution in [0.2, 0.25) is 0 Å². The molecule has 0 bridgehead atoms. The van der Waals surface area contributed by atoms with Crippen molar-refractivity contribution in [3.63, 3.8) is 0 Å². The first-order valence-electron chi connectivity index (χ1n) is 8.24. The number of ether oxygens (including phenoxy) is 1. The van der Waals surface area contributed by atoms with Crippen LogP contribution >= 0.6 is 0 Å². The Bertz CT molecular complexity index is 504. The molecule has 0 aliphatic carbocycles. The van der Waals surface area contributed by atoms with E-state index in [1.165, 1.54) is 11.1 Å². The first-order valence-corrected chi connectivity index (χ1v) is 8.24. The van der Waals surface area contributed by atoms with Crippen molar-refractivity contribution in [2.75, 3.05) is 20.1 Å². The average Bonchev–Trinajstić information content (AvgIpc) is 2.47. The molecule has 2 aliphatic rings. The molecular weight excluding hydrogens is 260 g/mol. The molecule has 1 aromatic rings. The molecule has 1 N–H and O–H groups in total. The van der Waals surface area contributed by atoms with Crippen LogP contribution < -0.4 is 10.1 Å². The Kier molecular flexibility index (Phi) is 3.98. The van der Waals surface area contributed by atoms with E-state index in [2.05, 4.69) is 56.2 Å². The summed E-state index contributed by atoms with van der Waals surface area (Å²) in [5.41, 5.74) is 2.67. The number of piperidine rings is 1. The molecule has 1 unspecified atom stereocenters. The highest BCUT2D eigenvalue weighted by molar-refractivity contribution is 5.41. The van der Waals surface area contributed by atoms with Crippen LogP contribution in [0.5, 0.6) is 5.75 Å². The lowest BCUT2D eigenvalue weighted by atomic mass is 9.80. The third-order valence-electron chi connectivity index (χ3n) is 5.23. The highest BCUT2D eigenvalue weighted by atomic mass is 16.5. The Hall–Kier alpha value is -1.06. The van der Waals surface area contributed by atoms with Gasteiger partial charge in [-0.15, -0.1) is 0 Å². The number of nitrogens with zero attached hydrogens (tertiary/aromatic N) is 1. The third-order valence-corrected chi connectivity index (χ3v) is 5.23. The van der Waals surface area contributed by atoms with Crippen LogP contribution in [0.15, 0.2) is 18.2 Å². The van der Waals surface area contributed by atoms with E-state index in [9.17, 15) is 0 Å². The van der Waals surface area contributed by atoms with Crippen LogP contribution in [0.1, 0.15) is 50.3 Å². The fourth-order valence-corrected chi connectivity index (χ4v) is 3.80. The molecule has 116 valence electrons.